The maximum absolute atomic E-state index is 11.9. The molecule has 1 amide bonds. The van der Waals surface area contributed by atoms with Gasteiger partial charge in [0.05, 0.1) is 5.56 Å². The Kier molecular flexibility index (Phi) is 3.59. The maximum Gasteiger partial charge on any atom is 0.258 e. The van der Waals surface area contributed by atoms with E-state index in [1.807, 2.05) is 12.1 Å². The molecular weight excluding hydrogens is 387 g/mol. The molecule has 0 aliphatic heterocycles. The molecule has 4 nitrogen and oxygen atoms in total. The van der Waals surface area contributed by atoms with Crippen LogP contribution in [0.2, 0.25) is 0 Å². The summed E-state index contributed by atoms with van der Waals surface area (Å²) in [6.45, 7) is 0. The second kappa shape index (κ2) is 4.96. The quantitative estimate of drug-likeness (QED) is 0.798. The van der Waals surface area contributed by atoms with Gasteiger partial charge in [0, 0.05) is 14.1 Å². The predicted octanol–water partition coefficient (Wildman–Crippen LogP) is 3.29. The molecule has 2 rings (SSSR count). The van der Waals surface area contributed by atoms with E-state index in [-0.39, 0.29) is 5.91 Å². The number of anilines is 1. The number of rotatable bonds is 2. The van der Waals surface area contributed by atoms with Gasteiger partial charge in [0.2, 0.25) is 0 Å². The fourth-order valence-electron chi connectivity index (χ4n) is 1.13. The van der Waals surface area contributed by atoms with Gasteiger partial charge in [-0.3, -0.25) is 4.79 Å². The van der Waals surface area contributed by atoms with Crippen molar-refractivity contribution in [1.82, 2.24) is 5.16 Å². The minimum atomic E-state index is -0.209. The standard InChI is InChI=1S/C10H6BrIN2O2/c11-6-1-2-8(12)7(5-6)10(15)13-9-3-4-16-14-9/h1-5H,(H,13,14,15). The Morgan fingerprint density at radius 3 is 2.94 bits per heavy atom. The number of hydrogen-bond acceptors (Lipinski definition) is 3. The summed E-state index contributed by atoms with van der Waals surface area (Å²) in [7, 11) is 0. The van der Waals surface area contributed by atoms with E-state index in [4.69, 9.17) is 0 Å². The molecule has 0 atom stereocenters. The predicted molar refractivity (Wildman–Crippen MR) is 71.3 cm³/mol. The molecule has 1 aromatic carbocycles. The summed E-state index contributed by atoms with van der Waals surface area (Å²) >= 11 is 5.43. The van der Waals surface area contributed by atoms with Gasteiger partial charge in [-0.2, -0.15) is 0 Å². The van der Waals surface area contributed by atoms with E-state index in [9.17, 15) is 4.79 Å². The van der Waals surface area contributed by atoms with Crippen molar-refractivity contribution < 1.29 is 9.32 Å². The summed E-state index contributed by atoms with van der Waals surface area (Å²) in [5.74, 6) is 0.195. The highest BCUT2D eigenvalue weighted by atomic mass is 127. The molecule has 0 saturated heterocycles. The number of carbonyl (C=O) groups excluding carboxylic acids is 1. The fraction of sp³-hybridized carbons (Fsp3) is 0. The van der Waals surface area contributed by atoms with Crippen molar-refractivity contribution in [2.24, 2.45) is 0 Å². The molecule has 0 bridgehead atoms. The van der Waals surface area contributed by atoms with Gasteiger partial charge >= 0.3 is 0 Å². The fourth-order valence-corrected chi connectivity index (χ4v) is 2.07. The average molecular weight is 393 g/mol. The van der Waals surface area contributed by atoms with E-state index < -0.39 is 0 Å². The summed E-state index contributed by atoms with van der Waals surface area (Å²) in [5, 5.41) is 6.25. The molecule has 0 radical (unpaired) electrons. The lowest BCUT2D eigenvalue weighted by Crippen LogP contribution is -2.13. The Morgan fingerprint density at radius 2 is 2.25 bits per heavy atom. The topological polar surface area (TPSA) is 55.1 Å². The Hall–Kier alpha value is -0.890. The van der Waals surface area contributed by atoms with Crippen molar-refractivity contribution in [3.05, 3.63) is 44.1 Å². The van der Waals surface area contributed by atoms with Gasteiger partial charge in [-0.05, 0) is 40.8 Å². The van der Waals surface area contributed by atoms with Gasteiger partial charge in [0.25, 0.3) is 5.91 Å². The van der Waals surface area contributed by atoms with Gasteiger partial charge in [0.1, 0.15) is 6.26 Å². The lowest BCUT2D eigenvalue weighted by molar-refractivity contribution is 0.102. The third kappa shape index (κ3) is 2.62. The summed E-state index contributed by atoms with van der Waals surface area (Å²) in [6, 6.07) is 7.09. The zero-order chi connectivity index (χ0) is 11.5. The van der Waals surface area contributed by atoms with Crippen LogP contribution < -0.4 is 5.32 Å². The van der Waals surface area contributed by atoms with E-state index in [0.29, 0.717) is 11.4 Å². The first-order chi connectivity index (χ1) is 7.66. The Morgan fingerprint density at radius 1 is 1.44 bits per heavy atom. The lowest BCUT2D eigenvalue weighted by Gasteiger charge is -2.04. The van der Waals surface area contributed by atoms with E-state index >= 15 is 0 Å². The number of carbonyl (C=O) groups is 1. The molecular formula is C10H6BrIN2O2. The van der Waals surface area contributed by atoms with Crippen LogP contribution in [0.1, 0.15) is 10.4 Å². The number of halogens is 2. The highest BCUT2D eigenvalue weighted by molar-refractivity contribution is 14.1. The van der Waals surface area contributed by atoms with Crippen molar-refractivity contribution in [3.63, 3.8) is 0 Å². The van der Waals surface area contributed by atoms with Crippen molar-refractivity contribution in [3.8, 4) is 0 Å². The second-order valence-electron chi connectivity index (χ2n) is 2.96. The summed E-state index contributed by atoms with van der Waals surface area (Å²) < 4.78 is 6.37. The third-order valence-electron chi connectivity index (χ3n) is 1.85. The molecule has 1 heterocycles. The van der Waals surface area contributed by atoms with Crippen LogP contribution in [-0.4, -0.2) is 11.1 Å². The SMILES string of the molecule is O=C(Nc1ccon1)c1cc(Br)ccc1I. The lowest BCUT2D eigenvalue weighted by atomic mass is 10.2. The molecule has 0 unspecified atom stereocenters. The molecule has 6 heteroatoms. The summed E-state index contributed by atoms with van der Waals surface area (Å²) in [5.41, 5.74) is 0.595. The van der Waals surface area contributed by atoms with Crippen LogP contribution in [0.3, 0.4) is 0 Å². The van der Waals surface area contributed by atoms with E-state index in [1.54, 1.807) is 12.1 Å². The smallest absolute Gasteiger partial charge is 0.258 e. The highest BCUT2D eigenvalue weighted by Crippen LogP contribution is 2.19. The minimum Gasteiger partial charge on any atom is -0.363 e. The average Bonchev–Trinajstić information content (AvgIpc) is 2.74. The number of hydrogen-bond donors (Lipinski definition) is 1. The molecule has 0 saturated carbocycles. The molecule has 0 aliphatic carbocycles. The first kappa shape index (κ1) is 11.6. The van der Waals surface area contributed by atoms with Crippen LogP contribution in [0.4, 0.5) is 5.82 Å². The zero-order valence-electron chi connectivity index (χ0n) is 7.91. The maximum atomic E-state index is 11.9. The molecule has 82 valence electrons. The largest absolute Gasteiger partial charge is 0.363 e. The van der Waals surface area contributed by atoms with Gasteiger partial charge in [-0.25, -0.2) is 0 Å². The van der Waals surface area contributed by atoms with Crippen LogP contribution in [0.25, 0.3) is 0 Å². The number of benzene rings is 1. The van der Waals surface area contributed by atoms with Crippen molar-refractivity contribution in [2.45, 2.75) is 0 Å². The third-order valence-corrected chi connectivity index (χ3v) is 3.29. The molecule has 2 aromatic rings. The van der Waals surface area contributed by atoms with E-state index in [2.05, 4.69) is 53.5 Å². The van der Waals surface area contributed by atoms with Crippen LogP contribution in [-0.2, 0) is 0 Å². The monoisotopic (exact) mass is 392 g/mol. The summed E-state index contributed by atoms with van der Waals surface area (Å²) in [4.78, 5) is 11.9. The van der Waals surface area contributed by atoms with Crippen LogP contribution in [0.5, 0.6) is 0 Å². The first-order valence-electron chi connectivity index (χ1n) is 4.33. The highest BCUT2D eigenvalue weighted by Gasteiger charge is 2.11. The van der Waals surface area contributed by atoms with Gasteiger partial charge in [0.15, 0.2) is 5.82 Å². The minimum absolute atomic E-state index is 0.209. The van der Waals surface area contributed by atoms with Gasteiger partial charge in [-0.1, -0.05) is 21.1 Å². The molecule has 1 N–H and O–H groups in total. The molecule has 0 aliphatic rings. The van der Waals surface area contributed by atoms with E-state index in [0.717, 1.165) is 8.04 Å². The molecule has 16 heavy (non-hydrogen) atoms. The Balaban J connectivity index is 2.24. The van der Waals surface area contributed by atoms with E-state index in [1.165, 1.54) is 6.26 Å². The summed E-state index contributed by atoms with van der Waals surface area (Å²) in [6.07, 6.45) is 1.40. The first-order valence-corrected chi connectivity index (χ1v) is 6.21. The van der Waals surface area contributed by atoms with Crippen LogP contribution >= 0.6 is 38.5 Å². The second-order valence-corrected chi connectivity index (χ2v) is 5.04. The van der Waals surface area contributed by atoms with Crippen molar-refractivity contribution in [2.75, 3.05) is 5.32 Å². The van der Waals surface area contributed by atoms with Crippen LogP contribution in [0.15, 0.2) is 39.5 Å². The van der Waals surface area contributed by atoms with Gasteiger partial charge in [-0.15, -0.1) is 0 Å². The number of aromatic nitrogens is 1. The van der Waals surface area contributed by atoms with Gasteiger partial charge < -0.3 is 9.84 Å². The van der Waals surface area contributed by atoms with Crippen LogP contribution in [0, 0.1) is 3.57 Å². The molecule has 1 aromatic heterocycles. The molecule has 0 spiro atoms. The van der Waals surface area contributed by atoms with Crippen molar-refractivity contribution >= 4 is 50.2 Å². The number of nitrogens with zero attached hydrogens (tertiary/aromatic N) is 1. The van der Waals surface area contributed by atoms with Crippen molar-refractivity contribution in [1.29, 1.82) is 0 Å². The Labute approximate surface area is 114 Å². The normalized spacial score (nSPS) is 10.1. The zero-order valence-corrected chi connectivity index (χ0v) is 11.6. The number of nitrogens with one attached hydrogen (secondary N) is 1. The number of amides is 1. The molecule has 0 fully saturated rings. The Bertz CT molecular complexity index is 514.